The first-order valence-corrected chi connectivity index (χ1v) is 9.01. The van der Waals surface area contributed by atoms with E-state index in [1.165, 1.54) is 0 Å². The Morgan fingerprint density at radius 1 is 1.07 bits per heavy atom. The minimum absolute atomic E-state index is 0.0785. The molecule has 0 aliphatic heterocycles. The van der Waals surface area contributed by atoms with E-state index in [0.717, 1.165) is 25.7 Å². The van der Waals surface area contributed by atoms with E-state index < -0.39 is 14.4 Å². The molecule has 0 aromatic heterocycles. The molecule has 0 aliphatic rings. The summed E-state index contributed by atoms with van der Waals surface area (Å²) in [5.41, 5.74) is 0. The van der Waals surface area contributed by atoms with Crippen LogP contribution in [0.25, 0.3) is 0 Å². The van der Waals surface area contributed by atoms with Gasteiger partial charge in [-0.25, -0.2) is 0 Å². The minimum Gasteiger partial charge on any atom is -0.544 e. The van der Waals surface area contributed by atoms with E-state index in [1.54, 1.807) is 0 Å². The summed E-state index contributed by atoms with van der Waals surface area (Å²) < 4.78 is 30.4. The predicted molar refractivity (Wildman–Crippen MR) is 62.4 cm³/mol. The quantitative estimate of drug-likeness (QED) is 0.346. The molecular formula is C11H22F2OSi. The van der Waals surface area contributed by atoms with Crippen LogP contribution in [0.1, 0.15) is 39.0 Å². The molecule has 90 valence electrons. The van der Waals surface area contributed by atoms with Crippen molar-refractivity contribution in [1.29, 1.82) is 0 Å². The second-order valence-corrected chi connectivity index (χ2v) is 9.14. The van der Waals surface area contributed by atoms with Gasteiger partial charge in [0, 0.05) is 6.42 Å². The highest BCUT2D eigenvalue weighted by Gasteiger charge is 2.20. The van der Waals surface area contributed by atoms with E-state index in [1.807, 2.05) is 19.6 Å². The van der Waals surface area contributed by atoms with E-state index in [9.17, 15) is 8.78 Å². The van der Waals surface area contributed by atoms with Gasteiger partial charge < -0.3 is 4.43 Å². The summed E-state index contributed by atoms with van der Waals surface area (Å²) >= 11 is 0. The zero-order valence-electron chi connectivity index (χ0n) is 10.2. The van der Waals surface area contributed by atoms with E-state index in [0.29, 0.717) is 6.42 Å². The lowest BCUT2D eigenvalue weighted by molar-refractivity contribution is 0.308. The molecule has 0 saturated heterocycles. The highest BCUT2D eigenvalue weighted by atomic mass is 28.4. The Balaban J connectivity index is 4.04. The van der Waals surface area contributed by atoms with Gasteiger partial charge in [0.1, 0.15) is 5.76 Å². The van der Waals surface area contributed by atoms with Crippen LogP contribution in [-0.4, -0.2) is 8.32 Å². The highest BCUT2D eigenvalue weighted by Crippen LogP contribution is 2.21. The Morgan fingerprint density at radius 2 is 1.67 bits per heavy atom. The predicted octanol–water partition coefficient (Wildman–Crippen LogP) is 4.92. The van der Waals surface area contributed by atoms with Crippen molar-refractivity contribution >= 4 is 8.32 Å². The molecule has 0 saturated carbocycles. The fraction of sp³-hybridized carbons (Fsp3) is 0.818. The zero-order chi connectivity index (χ0) is 11.9. The number of halogens is 2. The summed E-state index contributed by atoms with van der Waals surface area (Å²) in [4.78, 5) is 0. The van der Waals surface area contributed by atoms with Crippen molar-refractivity contribution in [3.8, 4) is 0 Å². The third kappa shape index (κ3) is 8.60. The first-order valence-electron chi connectivity index (χ1n) is 5.60. The van der Waals surface area contributed by atoms with Crippen molar-refractivity contribution in [2.75, 3.05) is 0 Å². The van der Waals surface area contributed by atoms with Gasteiger partial charge in [-0.3, -0.25) is 0 Å². The van der Waals surface area contributed by atoms with Crippen LogP contribution in [-0.2, 0) is 4.43 Å². The lowest BCUT2D eigenvalue weighted by Crippen LogP contribution is -2.25. The van der Waals surface area contributed by atoms with Crippen LogP contribution in [0.4, 0.5) is 8.78 Å². The largest absolute Gasteiger partial charge is 0.544 e. The Morgan fingerprint density at radius 3 is 2.07 bits per heavy atom. The maximum Gasteiger partial charge on any atom is 0.306 e. The summed E-state index contributed by atoms with van der Waals surface area (Å²) in [5, 5.41) is 0. The van der Waals surface area contributed by atoms with E-state index in [-0.39, 0.29) is 5.76 Å². The molecule has 0 fully saturated rings. The molecule has 0 amide bonds. The first-order chi connectivity index (χ1) is 6.87. The van der Waals surface area contributed by atoms with Crippen LogP contribution in [0.3, 0.4) is 0 Å². The lowest BCUT2D eigenvalue weighted by atomic mass is 10.1. The van der Waals surface area contributed by atoms with Gasteiger partial charge in [0.15, 0.2) is 0 Å². The molecule has 0 aromatic rings. The average molecular weight is 236 g/mol. The maximum atomic E-state index is 12.5. The first kappa shape index (κ1) is 14.6. The van der Waals surface area contributed by atoms with Gasteiger partial charge in [0.2, 0.25) is 8.32 Å². The number of allylic oxidation sites excluding steroid dienone is 1. The molecule has 0 aromatic carbocycles. The number of hydrogen-bond acceptors (Lipinski definition) is 1. The van der Waals surface area contributed by atoms with Crippen LogP contribution in [0, 0.1) is 0 Å². The molecule has 15 heavy (non-hydrogen) atoms. The minimum atomic E-state index is -1.89. The normalized spacial score (nSPS) is 11.3. The topological polar surface area (TPSA) is 9.23 Å². The summed E-state index contributed by atoms with van der Waals surface area (Å²) in [6, 6.07) is 0. The molecule has 0 bridgehead atoms. The van der Waals surface area contributed by atoms with Crippen LogP contribution < -0.4 is 0 Å². The van der Waals surface area contributed by atoms with E-state index >= 15 is 0 Å². The molecular weight excluding hydrogens is 214 g/mol. The van der Waals surface area contributed by atoms with Gasteiger partial charge in [0.05, 0.1) is 0 Å². The van der Waals surface area contributed by atoms with Gasteiger partial charge in [-0.05, 0) is 26.1 Å². The van der Waals surface area contributed by atoms with Crippen molar-refractivity contribution in [1.82, 2.24) is 0 Å². The second kappa shape index (κ2) is 6.98. The van der Waals surface area contributed by atoms with Gasteiger partial charge in [-0.2, -0.15) is 8.78 Å². The molecule has 1 nitrogen and oxygen atoms in total. The van der Waals surface area contributed by atoms with Crippen molar-refractivity contribution in [3.05, 3.63) is 11.8 Å². The van der Waals surface area contributed by atoms with Gasteiger partial charge >= 0.3 is 6.08 Å². The molecule has 0 rings (SSSR count). The monoisotopic (exact) mass is 236 g/mol. The number of unbranched alkanes of at least 4 members (excludes halogenated alkanes) is 3. The lowest BCUT2D eigenvalue weighted by Gasteiger charge is -2.21. The van der Waals surface area contributed by atoms with Crippen molar-refractivity contribution < 1.29 is 13.2 Å². The fourth-order valence-corrected chi connectivity index (χ4v) is 2.18. The van der Waals surface area contributed by atoms with Crippen molar-refractivity contribution in [2.45, 2.75) is 58.7 Å². The molecule has 0 spiro atoms. The summed E-state index contributed by atoms with van der Waals surface area (Å²) in [6.07, 6.45) is 2.76. The van der Waals surface area contributed by atoms with Gasteiger partial charge in [-0.15, -0.1) is 0 Å². The summed E-state index contributed by atoms with van der Waals surface area (Å²) in [7, 11) is -1.89. The summed E-state index contributed by atoms with van der Waals surface area (Å²) in [6.45, 7) is 7.86. The second-order valence-electron chi connectivity index (χ2n) is 4.71. The Kier molecular flexibility index (Phi) is 6.81. The zero-order valence-corrected chi connectivity index (χ0v) is 11.2. The van der Waals surface area contributed by atoms with Gasteiger partial charge in [0.25, 0.3) is 0 Å². The van der Waals surface area contributed by atoms with Crippen molar-refractivity contribution in [3.63, 3.8) is 0 Å². The summed E-state index contributed by atoms with van der Waals surface area (Å²) in [5.74, 6) is -0.0785. The van der Waals surface area contributed by atoms with Crippen LogP contribution in [0.2, 0.25) is 19.6 Å². The van der Waals surface area contributed by atoms with Crippen LogP contribution >= 0.6 is 0 Å². The molecule has 4 heteroatoms. The maximum absolute atomic E-state index is 12.5. The molecule has 0 unspecified atom stereocenters. The third-order valence-corrected chi connectivity index (χ3v) is 2.76. The van der Waals surface area contributed by atoms with Gasteiger partial charge in [-0.1, -0.05) is 26.2 Å². The van der Waals surface area contributed by atoms with E-state index in [2.05, 4.69) is 6.92 Å². The molecule has 0 radical (unpaired) electrons. The number of hydrogen-bond donors (Lipinski definition) is 0. The molecule has 0 atom stereocenters. The average Bonchev–Trinajstić information content (AvgIpc) is 2.08. The fourth-order valence-electron chi connectivity index (χ4n) is 1.27. The highest BCUT2D eigenvalue weighted by molar-refractivity contribution is 6.70. The van der Waals surface area contributed by atoms with Crippen LogP contribution in [0.5, 0.6) is 0 Å². The van der Waals surface area contributed by atoms with Crippen molar-refractivity contribution in [2.24, 2.45) is 0 Å². The molecule has 0 heterocycles. The standard InChI is InChI=1S/C11H22F2OSi/c1-5-6-7-8-9-10(11(12)13)14-15(2,3)4/h5-9H2,1-4H3. The van der Waals surface area contributed by atoms with Crippen LogP contribution in [0.15, 0.2) is 11.8 Å². The Hall–Kier alpha value is -0.383. The SMILES string of the molecule is CCCCCCC(O[Si](C)(C)C)=C(F)F. The smallest absolute Gasteiger partial charge is 0.306 e. The Labute approximate surface area is 92.6 Å². The third-order valence-electron chi connectivity index (χ3n) is 1.90. The molecule has 0 N–H and O–H groups in total. The van der Waals surface area contributed by atoms with E-state index in [4.69, 9.17) is 4.43 Å². The Bertz CT molecular complexity index is 205. The molecule has 0 aliphatic carbocycles. The number of rotatable bonds is 7.